The number of piperazine rings is 1. The van der Waals surface area contributed by atoms with E-state index in [1.807, 2.05) is 29.2 Å². The van der Waals surface area contributed by atoms with Crippen molar-refractivity contribution in [2.75, 3.05) is 46.5 Å². The number of methoxy groups -OCH3 is 1. The first-order valence-electron chi connectivity index (χ1n) is 6.53. The number of ether oxygens (including phenoxy) is 2. The van der Waals surface area contributed by atoms with E-state index in [2.05, 4.69) is 5.32 Å². The molecule has 0 saturated carbocycles. The lowest BCUT2D eigenvalue weighted by molar-refractivity contribution is 0.0735. The lowest BCUT2D eigenvalue weighted by Crippen LogP contribution is -2.46. The van der Waals surface area contributed by atoms with Crippen molar-refractivity contribution in [3.8, 4) is 5.75 Å². The molecule has 1 saturated heterocycles. The largest absolute Gasteiger partial charge is 0.491 e. The van der Waals surface area contributed by atoms with Crippen LogP contribution in [0, 0.1) is 0 Å². The summed E-state index contributed by atoms with van der Waals surface area (Å²) >= 11 is 0. The van der Waals surface area contributed by atoms with E-state index in [0.29, 0.717) is 18.8 Å². The Balaban J connectivity index is 0.00000200. The zero-order chi connectivity index (χ0) is 13.5. The molecule has 0 aromatic heterocycles. The summed E-state index contributed by atoms with van der Waals surface area (Å²) in [5, 5.41) is 3.23. The molecular weight excluding hydrogens is 280 g/mol. The highest BCUT2D eigenvalue weighted by Gasteiger charge is 2.17. The molecule has 5 nitrogen and oxygen atoms in total. The van der Waals surface area contributed by atoms with Gasteiger partial charge < -0.3 is 19.7 Å². The fourth-order valence-electron chi connectivity index (χ4n) is 1.99. The van der Waals surface area contributed by atoms with Crippen LogP contribution in [-0.4, -0.2) is 57.3 Å². The van der Waals surface area contributed by atoms with Crippen LogP contribution in [0.15, 0.2) is 24.3 Å². The molecule has 1 fully saturated rings. The summed E-state index contributed by atoms with van der Waals surface area (Å²) in [6, 6.07) is 7.27. The van der Waals surface area contributed by atoms with Crippen molar-refractivity contribution in [1.82, 2.24) is 10.2 Å². The molecule has 0 spiro atoms. The second-order valence-electron chi connectivity index (χ2n) is 4.41. The van der Waals surface area contributed by atoms with Gasteiger partial charge in [-0.2, -0.15) is 0 Å². The average Bonchev–Trinajstić information content (AvgIpc) is 2.48. The predicted molar refractivity (Wildman–Crippen MR) is 79.8 cm³/mol. The maximum atomic E-state index is 12.2. The van der Waals surface area contributed by atoms with Crippen LogP contribution >= 0.6 is 12.4 Å². The topological polar surface area (TPSA) is 50.8 Å². The van der Waals surface area contributed by atoms with Gasteiger partial charge in [0, 0.05) is 38.9 Å². The zero-order valence-electron chi connectivity index (χ0n) is 11.6. The van der Waals surface area contributed by atoms with Gasteiger partial charge >= 0.3 is 0 Å². The first-order valence-corrected chi connectivity index (χ1v) is 6.53. The maximum absolute atomic E-state index is 12.2. The van der Waals surface area contributed by atoms with Crippen LogP contribution < -0.4 is 10.1 Å². The Morgan fingerprint density at radius 2 is 1.85 bits per heavy atom. The molecule has 1 aliphatic rings. The van der Waals surface area contributed by atoms with Crippen molar-refractivity contribution in [2.24, 2.45) is 0 Å². The van der Waals surface area contributed by atoms with E-state index in [4.69, 9.17) is 9.47 Å². The van der Waals surface area contributed by atoms with Gasteiger partial charge in [0.2, 0.25) is 0 Å². The molecule has 0 unspecified atom stereocenters. The van der Waals surface area contributed by atoms with Gasteiger partial charge in [0.25, 0.3) is 5.91 Å². The molecule has 1 amide bonds. The molecule has 2 rings (SSSR count). The highest BCUT2D eigenvalue weighted by molar-refractivity contribution is 5.94. The summed E-state index contributed by atoms with van der Waals surface area (Å²) in [6.45, 7) is 4.34. The summed E-state index contributed by atoms with van der Waals surface area (Å²) in [7, 11) is 1.64. The Labute approximate surface area is 125 Å². The third kappa shape index (κ3) is 4.67. The number of nitrogens with zero attached hydrogens (tertiary/aromatic N) is 1. The second-order valence-corrected chi connectivity index (χ2v) is 4.41. The van der Waals surface area contributed by atoms with E-state index in [0.717, 1.165) is 31.9 Å². The average molecular weight is 301 g/mol. The lowest BCUT2D eigenvalue weighted by Gasteiger charge is -2.27. The van der Waals surface area contributed by atoms with Gasteiger partial charge in [-0.15, -0.1) is 12.4 Å². The van der Waals surface area contributed by atoms with Gasteiger partial charge in [0.05, 0.1) is 6.61 Å². The normalized spacial score (nSPS) is 14.6. The minimum atomic E-state index is 0. The highest BCUT2D eigenvalue weighted by atomic mass is 35.5. The molecule has 1 N–H and O–H groups in total. The summed E-state index contributed by atoms with van der Waals surface area (Å²) in [4.78, 5) is 14.1. The number of nitrogens with one attached hydrogen (secondary N) is 1. The van der Waals surface area contributed by atoms with Gasteiger partial charge in [-0.3, -0.25) is 4.79 Å². The van der Waals surface area contributed by atoms with Gasteiger partial charge in [0.1, 0.15) is 12.4 Å². The lowest BCUT2D eigenvalue weighted by atomic mass is 10.2. The number of benzene rings is 1. The first-order chi connectivity index (χ1) is 9.31. The van der Waals surface area contributed by atoms with Crippen LogP contribution in [0.5, 0.6) is 5.75 Å². The summed E-state index contributed by atoms with van der Waals surface area (Å²) in [6.07, 6.45) is 0. The number of rotatable bonds is 5. The number of amides is 1. The molecule has 0 bridgehead atoms. The van der Waals surface area contributed by atoms with Crippen molar-refractivity contribution >= 4 is 18.3 Å². The summed E-state index contributed by atoms with van der Waals surface area (Å²) in [5.41, 5.74) is 0.709. The van der Waals surface area contributed by atoms with Gasteiger partial charge in [0.15, 0.2) is 0 Å². The fourth-order valence-corrected chi connectivity index (χ4v) is 1.99. The second kappa shape index (κ2) is 8.79. The quantitative estimate of drug-likeness (QED) is 0.830. The molecule has 0 atom stereocenters. The number of carbonyl (C=O) groups is 1. The third-order valence-electron chi connectivity index (χ3n) is 3.06. The first kappa shape index (κ1) is 16.8. The standard InChI is InChI=1S/C14H20N2O3.ClH/c1-18-10-11-19-13-4-2-12(3-5-13)14(17)16-8-6-15-7-9-16;/h2-5,15H,6-11H2,1H3;1H. The van der Waals surface area contributed by atoms with E-state index in [1.165, 1.54) is 0 Å². The number of hydrogen-bond donors (Lipinski definition) is 1. The molecular formula is C14H21ClN2O3. The van der Waals surface area contributed by atoms with Crippen molar-refractivity contribution < 1.29 is 14.3 Å². The zero-order valence-corrected chi connectivity index (χ0v) is 12.4. The molecule has 1 aromatic rings. The molecule has 1 heterocycles. The smallest absolute Gasteiger partial charge is 0.253 e. The minimum absolute atomic E-state index is 0. The van der Waals surface area contributed by atoms with Crippen molar-refractivity contribution in [3.63, 3.8) is 0 Å². The Hall–Kier alpha value is -1.30. The van der Waals surface area contributed by atoms with Crippen LogP contribution in [0.3, 0.4) is 0 Å². The molecule has 1 aliphatic heterocycles. The Bertz CT molecular complexity index is 405. The van der Waals surface area contributed by atoms with Crippen molar-refractivity contribution in [1.29, 1.82) is 0 Å². The Morgan fingerprint density at radius 3 is 2.45 bits per heavy atom. The van der Waals surface area contributed by atoms with Crippen LogP contribution in [0.4, 0.5) is 0 Å². The summed E-state index contributed by atoms with van der Waals surface area (Å²) < 4.78 is 10.4. The van der Waals surface area contributed by atoms with Crippen LogP contribution in [0.1, 0.15) is 10.4 Å². The van der Waals surface area contributed by atoms with E-state index in [1.54, 1.807) is 7.11 Å². The van der Waals surface area contributed by atoms with Gasteiger partial charge in [-0.25, -0.2) is 0 Å². The number of halogens is 1. The maximum Gasteiger partial charge on any atom is 0.253 e. The Kier molecular flexibility index (Phi) is 7.36. The van der Waals surface area contributed by atoms with Crippen LogP contribution in [0.25, 0.3) is 0 Å². The molecule has 0 radical (unpaired) electrons. The van der Waals surface area contributed by atoms with Gasteiger partial charge in [-0.1, -0.05) is 0 Å². The van der Waals surface area contributed by atoms with E-state index < -0.39 is 0 Å². The monoisotopic (exact) mass is 300 g/mol. The predicted octanol–water partition coefficient (Wildman–Crippen LogP) is 1.18. The van der Waals surface area contributed by atoms with Gasteiger partial charge in [-0.05, 0) is 24.3 Å². The number of hydrogen-bond acceptors (Lipinski definition) is 4. The summed E-state index contributed by atoms with van der Waals surface area (Å²) in [5.74, 6) is 0.846. The van der Waals surface area contributed by atoms with Crippen LogP contribution in [0.2, 0.25) is 0 Å². The molecule has 112 valence electrons. The highest BCUT2D eigenvalue weighted by Crippen LogP contribution is 2.14. The molecule has 0 aliphatic carbocycles. The van der Waals surface area contributed by atoms with E-state index in [9.17, 15) is 4.79 Å². The van der Waals surface area contributed by atoms with Crippen molar-refractivity contribution in [3.05, 3.63) is 29.8 Å². The third-order valence-corrected chi connectivity index (χ3v) is 3.06. The Morgan fingerprint density at radius 1 is 1.20 bits per heavy atom. The number of carbonyl (C=O) groups excluding carboxylic acids is 1. The minimum Gasteiger partial charge on any atom is -0.491 e. The molecule has 6 heteroatoms. The van der Waals surface area contributed by atoms with Crippen LogP contribution in [-0.2, 0) is 4.74 Å². The molecule has 20 heavy (non-hydrogen) atoms. The fraction of sp³-hybridized carbons (Fsp3) is 0.500. The molecule has 1 aromatic carbocycles. The van der Waals surface area contributed by atoms with Crippen molar-refractivity contribution in [2.45, 2.75) is 0 Å². The van der Waals surface area contributed by atoms with E-state index >= 15 is 0 Å². The SMILES string of the molecule is COCCOc1ccc(C(=O)N2CCNCC2)cc1.Cl. The van der Waals surface area contributed by atoms with E-state index in [-0.39, 0.29) is 18.3 Å².